The largest absolute Gasteiger partial charge is 0.388 e. The topological polar surface area (TPSA) is 50.9 Å². The van der Waals surface area contributed by atoms with Crippen LogP contribution in [0.3, 0.4) is 0 Å². The summed E-state index contributed by atoms with van der Waals surface area (Å²) in [7, 11) is 1.92. The van der Waals surface area contributed by atoms with Crippen molar-refractivity contribution in [3.8, 4) is 0 Å². The normalized spacial score (nSPS) is 14.1. The van der Waals surface area contributed by atoms with Gasteiger partial charge in [-0.2, -0.15) is 0 Å². The summed E-state index contributed by atoms with van der Waals surface area (Å²) in [5.41, 5.74) is 9.41. The molecule has 3 N–H and O–H groups in total. The molecule has 1 heterocycles. The highest BCUT2D eigenvalue weighted by atomic mass is 14.9. The Bertz CT molecular complexity index is 349. The summed E-state index contributed by atoms with van der Waals surface area (Å²) in [6, 6.07) is 3.91. The van der Waals surface area contributed by atoms with E-state index in [4.69, 9.17) is 5.73 Å². The van der Waals surface area contributed by atoms with E-state index in [1.54, 1.807) is 6.20 Å². The van der Waals surface area contributed by atoms with Crippen molar-refractivity contribution < 1.29 is 0 Å². The summed E-state index contributed by atoms with van der Waals surface area (Å²) in [6.07, 6.45) is 4.08. The van der Waals surface area contributed by atoms with Crippen LogP contribution in [0, 0.1) is 0 Å². The van der Waals surface area contributed by atoms with Crippen LogP contribution >= 0.6 is 0 Å². The Morgan fingerprint density at radius 2 is 2.31 bits per heavy atom. The molecular weight excluding hydrogens is 162 g/mol. The molecule has 68 valence electrons. The Hall–Kier alpha value is -1.51. The van der Waals surface area contributed by atoms with Gasteiger partial charge in [0.25, 0.3) is 0 Å². The van der Waals surface area contributed by atoms with Gasteiger partial charge in [-0.1, -0.05) is 0 Å². The Labute approximate surface area is 77.7 Å². The molecular formula is C10H13N3. The van der Waals surface area contributed by atoms with Gasteiger partial charge >= 0.3 is 0 Å². The highest BCUT2D eigenvalue weighted by Crippen LogP contribution is 2.35. The van der Waals surface area contributed by atoms with Gasteiger partial charge in [-0.3, -0.25) is 0 Å². The minimum atomic E-state index is 0.603. The second kappa shape index (κ2) is 3.09. The second-order valence-corrected chi connectivity index (χ2v) is 3.16. The lowest BCUT2D eigenvalue weighted by Crippen LogP contribution is -2.07. The summed E-state index contributed by atoms with van der Waals surface area (Å²) in [6.45, 7) is 0. The van der Waals surface area contributed by atoms with Crippen LogP contribution in [-0.4, -0.2) is 12.0 Å². The molecule has 0 aromatic carbocycles. The maximum atomic E-state index is 5.78. The molecule has 1 saturated carbocycles. The number of pyridine rings is 1. The van der Waals surface area contributed by atoms with Gasteiger partial charge in [0.05, 0.1) is 0 Å². The van der Waals surface area contributed by atoms with E-state index in [-0.39, 0.29) is 0 Å². The molecule has 0 bridgehead atoms. The Morgan fingerprint density at radius 1 is 1.54 bits per heavy atom. The van der Waals surface area contributed by atoms with Crippen LogP contribution in [0.2, 0.25) is 0 Å². The maximum Gasteiger partial charge on any atom is 0.132 e. The number of hydrogen-bond acceptors (Lipinski definition) is 3. The third kappa shape index (κ3) is 1.49. The van der Waals surface area contributed by atoms with Gasteiger partial charge in [-0.15, -0.1) is 0 Å². The van der Waals surface area contributed by atoms with Crippen molar-refractivity contribution in [2.75, 3.05) is 12.8 Å². The van der Waals surface area contributed by atoms with E-state index in [0.717, 1.165) is 11.3 Å². The molecule has 3 nitrogen and oxygen atoms in total. The van der Waals surface area contributed by atoms with Crippen LogP contribution in [0.5, 0.6) is 0 Å². The van der Waals surface area contributed by atoms with Gasteiger partial charge in [0.2, 0.25) is 0 Å². The van der Waals surface area contributed by atoms with E-state index in [0.29, 0.717) is 5.82 Å². The third-order valence-corrected chi connectivity index (χ3v) is 2.21. The lowest BCUT2D eigenvalue weighted by atomic mass is 10.1. The zero-order valence-corrected chi connectivity index (χ0v) is 7.67. The van der Waals surface area contributed by atoms with E-state index in [1.807, 2.05) is 19.2 Å². The Morgan fingerprint density at radius 3 is 2.85 bits per heavy atom. The summed E-state index contributed by atoms with van der Waals surface area (Å²) in [5, 5.41) is 3.18. The number of rotatable bonds is 2. The molecule has 1 fully saturated rings. The minimum Gasteiger partial charge on any atom is -0.388 e. The van der Waals surface area contributed by atoms with E-state index in [1.165, 1.54) is 18.4 Å². The fourth-order valence-corrected chi connectivity index (χ4v) is 1.44. The van der Waals surface area contributed by atoms with Crippen molar-refractivity contribution in [1.82, 2.24) is 10.3 Å². The van der Waals surface area contributed by atoms with Gasteiger partial charge in [0.1, 0.15) is 5.82 Å². The molecule has 13 heavy (non-hydrogen) atoms. The predicted octanol–water partition coefficient (Wildman–Crippen LogP) is 1.39. The molecule has 1 aliphatic rings. The van der Waals surface area contributed by atoms with Crippen molar-refractivity contribution in [2.24, 2.45) is 0 Å². The fourth-order valence-electron chi connectivity index (χ4n) is 1.44. The predicted molar refractivity (Wildman–Crippen MR) is 53.9 cm³/mol. The highest BCUT2D eigenvalue weighted by molar-refractivity contribution is 5.75. The molecule has 0 saturated heterocycles. The van der Waals surface area contributed by atoms with E-state index in [2.05, 4.69) is 10.3 Å². The number of nitrogens with two attached hydrogens (primary N) is 1. The Balaban J connectivity index is 2.44. The van der Waals surface area contributed by atoms with Gasteiger partial charge in [-0.05, 0) is 30.5 Å². The molecule has 1 aromatic heterocycles. The first kappa shape index (κ1) is 8.10. The average molecular weight is 175 g/mol. The SMILES string of the molecule is CNC(=C1CC1)c1cccnc1N. The van der Waals surface area contributed by atoms with Crippen LogP contribution < -0.4 is 11.1 Å². The number of hydrogen-bond donors (Lipinski definition) is 2. The first-order valence-corrected chi connectivity index (χ1v) is 4.43. The quantitative estimate of drug-likeness (QED) is 0.714. The Kier molecular flexibility index (Phi) is 1.93. The maximum absolute atomic E-state index is 5.78. The van der Waals surface area contributed by atoms with Gasteiger partial charge in [-0.25, -0.2) is 4.98 Å². The zero-order valence-electron chi connectivity index (χ0n) is 7.67. The molecule has 0 aliphatic heterocycles. The van der Waals surface area contributed by atoms with Gasteiger partial charge in [0.15, 0.2) is 0 Å². The standard InChI is InChI=1S/C10H13N3/c1-12-9(7-4-5-7)8-3-2-6-13-10(8)11/h2-3,6,12H,4-5H2,1H3,(H2,11,13). The van der Waals surface area contributed by atoms with Crippen LogP contribution in [-0.2, 0) is 0 Å². The van der Waals surface area contributed by atoms with E-state index < -0.39 is 0 Å². The number of allylic oxidation sites excluding steroid dienone is 1. The number of aromatic nitrogens is 1. The third-order valence-electron chi connectivity index (χ3n) is 2.21. The summed E-state index contributed by atoms with van der Waals surface area (Å²) < 4.78 is 0. The number of nitrogen functional groups attached to an aromatic ring is 1. The molecule has 0 unspecified atom stereocenters. The molecule has 2 rings (SSSR count). The van der Waals surface area contributed by atoms with Crippen molar-refractivity contribution in [1.29, 1.82) is 0 Å². The molecule has 0 spiro atoms. The van der Waals surface area contributed by atoms with Crippen LogP contribution in [0.15, 0.2) is 23.9 Å². The number of nitrogens with one attached hydrogen (secondary N) is 1. The van der Waals surface area contributed by atoms with Crippen molar-refractivity contribution in [2.45, 2.75) is 12.8 Å². The van der Waals surface area contributed by atoms with Crippen LogP contribution in [0.25, 0.3) is 5.70 Å². The summed E-state index contributed by atoms with van der Waals surface area (Å²) in [4.78, 5) is 4.06. The highest BCUT2D eigenvalue weighted by Gasteiger charge is 2.19. The second-order valence-electron chi connectivity index (χ2n) is 3.16. The average Bonchev–Trinajstić information content (AvgIpc) is 2.93. The summed E-state index contributed by atoms with van der Waals surface area (Å²) in [5.74, 6) is 0.603. The molecule has 0 amide bonds. The van der Waals surface area contributed by atoms with E-state index in [9.17, 15) is 0 Å². The molecule has 1 aromatic rings. The smallest absolute Gasteiger partial charge is 0.132 e. The number of anilines is 1. The monoisotopic (exact) mass is 175 g/mol. The summed E-state index contributed by atoms with van der Waals surface area (Å²) >= 11 is 0. The van der Waals surface area contributed by atoms with Gasteiger partial charge < -0.3 is 11.1 Å². The van der Waals surface area contributed by atoms with Crippen molar-refractivity contribution in [3.05, 3.63) is 29.5 Å². The molecule has 1 aliphatic carbocycles. The lowest BCUT2D eigenvalue weighted by molar-refractivity contribution is 1.11. The molecule has 0 radical (unpaired) electrons. The van der Waals surface area contributed by atoms with Crippen LogP contribution in [0.4, 0.5) is 5.82 Å². The van der Waals surface area contributed by atoms with E-state index >= 15 is 0 Å². The lowest BCUT2D eigenvalue weighted by Gasteiger charge is -2.08. The molecule has 3 heteroatoms. The number of nitrogens with zero attached hydrogens (tertiary/aromatic N) is 1. The minimum absolute atomic E-state index is 0.603. The zero-order chi connectivity index (χ0) is 9.26. The van der Waals surface area contributed by atoms with Crippen molar-refractivity contribution in [3.63, 3.8) is 0 Å². The van der Waals surface area contributed by atoms with Crippen molar-refractivity contribution >= 4 is 11.5 Å². The first-order chi connectivity index (χ1) is 6.33. The first-order valence-electron chi connectivity index (χ1n) is 4.43. The van der Waals surface area contributed by atoms with Gasteiger partial charge in [0, 0.05) is 24.5 Å². The van der Waals surface area contributed by atoms with Crippen LogP contribution in [0.1, 0.15) is 18.4 Å². The fraction of sp³-hybridized carbons (Fsp3) is 0.300. The molecule has 0 atom stereocenters.